The van der Waals surface area contributed by atoms with Gasteiger partial charge in [-0.2, -0.15) is 5.26 Å². The van der Waals surface area contributed by atoms with Gasteiger partial charge in [-0.25, -0.2) is 0 Å². The van der Waals surface area contributed by atoms with Crippen LogP contribution in [0.25, 0.3) is 0 Å². The number of amides is 1. The zero-order valence-corrected chi connectivity index (χ0v) is 12.0. The zero-order chi connectivity index (χ0) is 15.2. The molecule has 4 heteroatoms. The molecule has 0 heterocycles. The van der Waals surface area contributed by atoms with Crippen molar-refractivity contribution in [2.45, 2.75) is 13.8 Å². The Morgan fingerprint density at radius 3 is 2.76 bits per heavy atom. The van der Waals surface area contributed by atoms with E-state index in [-0.39, 0.29) is 12.5 Å². The molecule has 0 aliphatic carbocycles. The molecule has 0 aromatic heterocycles. The van der Waals surface area contributed by atoms with Gasteiger partial charge in [0.15, 0.2) is 6.61 Å². The van der Waals surface area contributed by atoms with Crippen molar-refractivity contribution in [3.05, 3.63) is 59.2 Å². The monoisotopic (exact) mass is 280 g/mol. The van der Waals surface area contributed by atoms with Gasteiger partial charge in [0.2, 0.25) is 0 Å². The molecular formula is C17H16N2O2. The first-order valence-corrected chi connectivity index (χ1v) is 6.58. The SMILES string of the molecule is Cc1cccc(NC(=O)COc2cc(C#N)ccc2C)c1. The molecule has 0 aliphatic heterocycles. The number of anilines is 1. The number of ether oxygens (including phenoxy) is 1. The van der Waals surface area contributed by atoms with Gasteiger partial charge >= 0.3 is 0 Å². The first-order chi connectivity index (χ1) is 10.1. The van der Waals surface area contributed by atoms with E-state index >= 15 is 0 Å². The Labute approximate surface area is 124 Å². The third kappa shape index (κ3) is 4.08. The molecule has 2 rings (SSSR count). The van der Waals surface area contributed by atoms with E-state index in [1.54, 1.807) is 18.2 Å². The van der Waals surface area contributed by atoms with Crippen LogP contribution >= 0.6 is 0 Å². The van der Waals surface area contributed by atoms with E-state index in [1.807, 2.05) is 44.2 Å². The second-order valence-electron chi connectivity index (χ2n) is 4.80. The fourth-order valence-corrected chi connectivity index (χ4v) is 1.89. The Morgan fingerprint density at radius 2 is 2.05 bits per heavy atom. The van der Waals surface area contributed by atoms with E-state index < -0.39 is 0 Å². The largest absolute Gasteiger partial charge is 0.483 e. The minimum atomic E-state index is -0.234. The standard InChI is InChI=1S/C17H16N2O2/c1-12-4-3-5-15(8-12)19-17(20)11-21-16-9-14(10-18)7-6-13(16)2/h3-9H,11H2,1-2H3,(H,19,20). The fourth-order valence-electron chi connectivity index (χ4n) is 1.89. The molecule has 0 radical (unpaired) electrons. The molecule has 0 fully saturated rings. The van der Waals surface area contributed by atoms with Gasteiger partial charge in [0.05, 0.1) is 11.6 Å². The minimum Gasteiger partial charge on any atom is -0.483 e. The number of nitriles is 1. The number of aryl methyl sites for hydroxylation is 2. The Hall–Kier alpha value is -2.80. The molecule has 2 aromatic carbocycles. The van der Waals surface area contributed by atoms with Crippen molar-refractivity contribution in [3.8, 4) is 11.8 Å². The molecule has 0 spiro atoms. The molecule has 0 bridgehead atoms. The average Bonchev–Trinajstić information content (AvgIpc) is 2.46. The fraction of sp³-hybridized carbons (Fsp3) is 0.176. The molecule has 106 valence electrons. The number of benzene rings is 2. The van der Waals surface area contributed by atoms with Gasteiger partial charge in [0.25, 0.3) is 5.91 Å². The Balaban J connectivity index is 1.97. The van der Waals surface area contributed by atoms with Crippen molar-refractivity contribution in [3.63, 3.8) is 0 Å². The third-order valence-electron chi connectivity index (χ3n) is 2.98. The van der Waals surface area contributed by atoms with Crippen LogP contribution in [-0.4, -0.2) is 12.5 Å². The van der Waals surface area contributed by atoms with Crippen LogP contribution in [0.15, 0.2) is 42.5 Å². The molecule has 0 aliphatic rings. The van der Waals surface area contributed by atoms with E-state index in [1.165, 1.54) is 0 Å². The summed E-state index contributed by atoms with van der Waals surface area (Å²) in [6, 6.07) is 14.8. The molecule has 0 atom stereocenters. The van der Waals surface area contributed by atoms with Crippen LogP contribution in [-0.2, 0) is 4.79 Å². The predicted molar refractivity (Wildman–Crippen MR) is 81.2 cm³/mol. The summed E-state index contributed by atoms with van der Waals surface area (Å²) in [5.74, 6) is 0.316. The Morgan fingerprint density at radius 1 is 1.24 bits per heavy atom. The second-order valence-corrected chi connectivity index (χ2v) is 4.80. The zero-order valence-electron chi connectivity index (χ0n) is 12.0. The van der Waals surface area contributed by atoms with Crippen LogP contribution in [0.2, 0.25) is 0 Å². The van der Waals surface area contributed by atoms with E-state index in [0.717, 1.165) is 16.8 Å². The van der Waals surface area contributed by atoms with Crippen molar-refractivity contribution in [1.29, 1.82) is 5.26 Å². The van der Waals surface area contributed by atoms with E-state index in [2.05, 4.69) is 5.32 Å². The van der Waals surface area contributed by atoms with Crippen LogP contribution in [0.1, 0.15) is 16.7 Å². The molecule has 0 saturated carbocycles. The lowest BCUT2D eigenvalue weighted by Crippen LogP contribution is -2.20. The van der Waals surface area contributed by atoms with Crippen molar-refractivity contribution < 1.29 is 9.53 Å². The number of carbonyl (C=O) groups is 1. The van der Waals surface area contributed by atoms with Crippen LogP contribution in [0.5, 0.6) is 5.75 Å². The summed E-state index contributed by atoms with van der Waals surface area (Å²) < 4.78 is 5.48. The first-order valence-electron chi connectivity index (χ1n) is 6.58. The maximum atomic E-state index is 11.9. The summed E-state index contributed by atoms with van der Waals surface area (Å²) in [6.07, 6.45) is 0. The maximum Gasteiger partial charge on any atom is 0.262 e. The van der Waals surface area contributed by atoms with E-state index in [4.69, 9.17) is 10.00 Å². The molecule has 0 saturated heterocycles. The normalized spacial score (nSPS) is 9.76. The van der Waals surface area contributed by atoms with Gasteiger partial charge in [-0.15, -0.1) is 0 Å². The van der Waals surface area contributed by atoms with Crippen LogP contribution in [0, 0.1) is 25.2 Å². The quantitative estimate of drug-likeness (QED) is 0.935. The summed E-state index contributed by atoms with van der Waals surface area (Å²) in [6.45, 7) is 3.74. The third-order valence-corrected chi connectivity index (χ3v) is 2.98. The summed E-state index contributed by atoms with van der Waals surface area (Å²) in [7, 11) is 0. The van der Waals surface area contributed by atoms with Gasteiger partial charge < -0.3 is 10.1 Å². The van der Waals surface area contributed by atoms with E-state index in [9.17, 15) is 4.79 Å². The summed E-state index contributed by atoms with van der Waals surface area (Å²) >= 11 is 0. The average molecular weight is 280 g/mol. The van der Waals surface area contributed by atoms with Gasteiger partial charge in [-0.3, -0.25) is 4.79 Å². The lowest BCUT2D eigenvalue weighted by molar-refractivity contribution is -0.118. The number of carbonyl (C=O) groups excluding carboxylic acids is 1. The molecule has 21 heavy (non-hydrogen) atoms. The maximum absolute atomic E-state index is 11.9. The number of hydrogen-bond donors (Lipinski definition) is 1. The Kier molecular flexibility index (Phi) is 4.57. The molecule has 2 aromatic rings. The van der Waals surface area contributed by atoms with Gasteiger partial charge in [-0.05, 0) is 49.2 Å². The number of hydrogen-bond acceptors (Lipinski definition) is 3. The van der Waals surface area contributed by atoms with Crippen molar-refractivity contribution in [1.82, 2.24) is 0 Å². The van der Waals surface area contributed by atoms with Gasteiger partial charge in [0, 0.05) is 5.69 Å². The molecule has 1 N–H and O–H groups in total. The predicted octanol–water partition coefficient (Wildman–Crippen LogP) is 3.19. The highest BCUT2D eigenvalue weighted by Gasteiger charge is 2.06. The van der Waals surface area contributed by atoms with Crippen molar-refractivity contribution in [2.75, 3.05) is 11.9 Å². The molecule has 4 nitrogen and oxygen atoms in total. The molecular weight excluding hydrogens is 264 g/mol. The van der Waals surface area contributed by atoms with Crippen molar-refractivity contribution >= 4 is 11.6 Å². The van der Waals surface area contributed by atoms with Gasteiger partial charge in [0.1, 0.15) is 5.75 Å². The Bertz CT molecular complexity index is 702. The number of rotatable bonds is 4. The van der Waals surface area contributed by atoms with Crippen LogP contribution < -0.4 is 10.1 Å². The highest BCUT2D eigenvalue weighted by molar-refractivity contribution is 5.91. The smallest absolute Gasteiger partial charge is 0.262 e. The van der Waals surface area contributed by atoms with E-state index in [0.29, 0.717) is 11.3 Å². The van der Waals surface area contributed by atoms with Gasteiger partial charge in [-0.1, -0.05) is 18.2 Å². The first kappa shape index (κ1) is 14.6. The topological polar surface area (TPSA) is 62.1 Å². The highest BCUT2D eigenvalue weighted by Crippen LogP contribution is 2.19. The van der Waals surface area contributed by atoms with Crippen LogP contribution in [0.3, 0.4) is 0 Å². The molecule has 1 amide bonds. The van der Waals surface area contributed by atoms with Crippen LogP contribution in [0.4, 0.5) is 5.69 Å². The molecule has 0 unspecified atom stereocenters. The number of nitrogens with zero attached hydrogens (tertiary/aromatic N) is 1. The summed E-state index contributed by atoms with van der Waals surface area (Å²) in [5, 5.41) is 11.6. The minimum absolute atomic E-state index is 0.0936. The lowest BCUT2D eigenvalue weighted by atomic mass is 10.1. The number of nitrogens with one attached hydrogen (secondary N) is 1. The highest BCUT2D eigenvalue weighted by atomic mass is 16.5. The lowest BCUT2D eigenvalue weighted by Gasteiger charge is -2.10. The van der Waals surface area contributed by atoms with Crippen molar-refractivity contribution in [2.24, 2.45) is 0 Å². The summed E-state index contributed by atoms with van der Waals surface area (Å²) in [5.41, 5.74) is 3.21. The summed E-state index contributed by atoms with van der Waals surface area (Å²) in [4.78, 5) is 11.9. The second kappa shape index (κ2) is 6.58.